The minimum absolute atomic E-state index is 0.108. The molecule has 0 aliphatic carbocycles. The van der Waals surface area contributed by atoms with Crippen molar-refractivity contribution in [3.05, 3.63) is 28.6 Å². The van der Waals surface area contributed by atoms with Crippen LogP contribution in [0.2, 0.25) is 0 Å². The lowest BCUT2D eigenvalue weighted by atomic mass is 10.1. The van der Waals surface area contributed by atoms with Gasteiger partial charge in [0.15, 0.2) is 6.61 Å². The first-order chi connectivity index (χ1) is 12.8. The van der Waals surface area contributed by atoms with Gasteiger partial charge >= 0.3 is 12.1 Å². The molecule has 0 saturated carbocycles. The molecule has 8 nitrogen and oxygen atoms in total. The Labute approximate surface area is 158 Å². The normalized spacial score (nSPS) is 10.9. The third kappa shape index (κ3) is 6.62. The fourth-order valence-electron chi connectivity index (χ4n) is 2.45. The van der Waals surface area contributed by atoms with Gasteiger partial charge in [0.2, 0.25) is 0 Å². The Morgan fingerprint density at radius 2 is 1.96 bits per heavy atom. The fourth-order valence-corrected chi connectivity index (χ4v) is 2.45. The summed E-state index contributed by atoms with van der Waals surface area (Å²) >= 11 is 0. The topological polar surface area (TPSA) is 110 Å². The molecule has 0 radical (unpaired) electrons. The van der Waals surface area contributed by atoms with E-state index < -0.39 is 24.6 Å². The van der Waals surface area contributed by atoms with Crippen LogP contribution in [0.3, 0.4) is 0 Å². The molecule has 1 aromatic heterocycles. The van der Waals surface area contributed by atoms with E-state index in [0.717, 1.165) is 36.3 Å². The van der Waals surface area contributed by atoms with Crippen LogP contribution in [0.15, 0.2) is 11.6 Å². The monoisotopic (exact) mass is 375 g/mol. The average molecular weight is 375 g/mol. The van der Waals surface area contributed by atoms with Gasteiger partial charge in [0, 0.05) is 17.9 Å². The molecular formula is C19H25N3O5. The molecule has 0 saturated heterocycles. The van der Waals surface area contributed by atoms with Gasteiger partial charge in [-0.2, -0.15) is 5.26 Å². The van der Waals surface area contributed by atoms with Gasteiger partial charge < -0.3 is 14.0 Å². The van der Waals surface area contributed by atoms with Crippen LogP contribution in [0.5, 0.6) is 0 Å². The van der Waals surface area contributed by atoms with Gasteiger partial charge in [0.1, 0.15) is 11.6 Å². The van der Waals surface area contributed by atoms with Gasteiger partial charge in [-0.15, -0.1) is 0 Å². The van der Waals surface area contributed by atoms with E-state index in [1.807, 2.05) is 25.2 Å². The standard InChI is InChI=1S/C19H25N3O5/c1-5-7-8-22-13(3)9-15(14(22)4)10-16(11-20)18(24)27-12-17(23)21-19(25)26-6-2/h9-10H,5-8,12H2,1-4H3,(H,21,23,25)/b16-10+. The van der Waals surface area contributed by atoms with E-state index in [2.05, 4.69) is 16.2 Å². The zero-order valence-electron chi connectivity index (χ0n) is 16.1. The number of ether oxygens (including phenoxy) is 2. The SMILES string of the molecule is CCCCn1c(C)cc(/C=C(\C#N)C(=O)OCC(=O)NC(=O)OCC)c1C. The van der Waals surface area contributed by atoms with Crippen LogP contribution in [-0.4, -0.2) is 35.8 Å². The molecule has 0 fully saturated rings. The Bertz CT molecular complexity index is 771. The summed E-state index contributed by atoms with van der Waals surface area (Å²) in [5, 5.41) is 11.1. The van der Waals surface area contributed by atoms with Crippen molar-refractivity contribution in [3.63, 3.8) is 0 Å². The van der Waals surface area contributed by atoms with Crippen molar-refractivity contribution in [1.82, 2.24) is 9.88 Å². The van der Waals surface area contributed by atoms with Crippen LogP contribution in [0.4, 0.5) is 4.79 Å². The Hall–Kier alpha value is -3.08. The number of alkyl carbamates (subject to hydrolysis) is 1. The van der Waals surface area contributed by atoms with Crippen molar-refractivity contribution in [3.8, 4) is 6.07 Å². The maximum atomic E-state index is 12.1. The number of aryl methyl sites for hydroxylation is 1. The second-order valence-electron chi connectivity index (χ2n) is 5.85. The number of hydrogen-bond donors (Lipinski definition) is 1. The number of amides is 2. The van der Waals surface area contributed by atoms with Gasteiger partial charge in [-0.3, -0.25) is 10.1 Å². The number of carbonyl (C=O) groups excluding carboxylic acids is 3. The molecule has 0 aromatic carbocycles. The summed E-state index contributed by atoms with van der Waals surface area (Å²) in [6, 6.07) is 3.68. The first-order valence-electron chi connectivity index (χ1n) is 8.76. The van der Waals surface area contributed by atoms with Crippen molar-refractivity contribution in [2.45, 2.75) is 47.1 Å². The predicted molar refractivity (Wildman–Crippen MR) is 98.5 cm³/mol. The molecule has 0 spiro atoms. The van der Waals surface area contributed by atoms with Crippen LogP contribution < -0.4 is 5.32 Å². The molecule has 8 heteroatoms. The highest BCUT2D eigenvalue weighted by molar-refractivity contribution is 6.00. The minimum Gasteiger partial charge on any atom is -0.451 e. The molecule has 1 aromatic rings. The lowest BCUT2D eigenvalue weighted by molar-refractivity contribution is -0.144. The molecule has 0 unspecified atom stereocenters. The second-order valence-corrected chi connectivity index (χ2v) is 5.85. The van der Waals surface area contributed by atoms with E-state index in [9.17, 15) is 19.6 Å². The van der Waals surface area contributed by atoms with Gasteiger partial charge in [-0.1, -0.05) is 13.3 Å². The van der Waals surface area contributed by atoms with Gasteiger partial charge in [-0.25, -0.2) is 9.59 Å². The molecule has 0 aliphatic rings. The smallest absolute Gasteiger partial charge is 0.413 e. The molecule has 1 rings (SSSR count). The molecule has 146 valence electrons. The minimum atomic E-state index is -0.935. The number of nitriles is 1. The van der Waals surface area contributed by atoms with E-state index in [1.165, 1.54) is 6.08 Å². The number of nitrogens with one attached hydrogen (secondary N) is 1. The Kier molecular flexibility index (Phi) is 8.79. The van der Waals surface area contributed by atoms with Gasteiger partial charge in [0.05, 0.1) is 6.61 Å². The van der Waals surface area contributed by atoms with Crippen molar-refractivity contribution in [1.29, 1.82) is 5.26 Å². The largest absolute Gasteiger partial charge is 0.451 e. The third-order valence-electron chi connectivity index (χ3n) is 3.84. The zero-order chi connectivity index (χ0) is 20.4. The first-order valence-corrected chi connectivity index (χ1v) is 8.76. The molecule has 0 aliphatic heterocycles. The van der Waals surface area contributed by atoms with E-state index in [-0.39, 0.29) is 12.2 Å². The molecule has 0 bridgehead atoms. The number of aromatic nitrogens is 1. The molecule has 0 atom stereocenters. The van der Waals surface area contributed by atoms with Crippen LogP contribution >= 0.6 is 0 Å². The molecule has 27 heavy (non-hydrogen) atoms. The highest BCUT2D eigenvalue weighted by Gasteiger charge is 2.16. The maximum absolute atomic E-state index is 12.1. The number of esters is 1. The van der Waals surface area contributed by atoms with Crippen molar-refractivity contribution in [2.75, 3.05) is 13.2 Å². The predicted octanol–water partition coefficient (Wildman–Crippen LogP) is 2.63. The molecule has 1 N–H and O–H groups in total. The fraction of sp³-hybridized carbons (Fsp3) is 0.474. The summed E-state index contributed by atoms with van der Waals surface area (Å²) in [5.41, 5.74) is 2.50. The Morgan fingerprint density at radius 3 is 2.56 bits per heavy atom. The van der Waals surface area contributed by atoms with Crippen LogP contribution in [0.25, 0.3) is 6.08 Å². The van der Waals surface area contributed by atoms with Crippen molar-refractivity contribution in [2.24, 2.45) is 0 Å². The van der Waals surface area contributed by atoms with Gasteiger partial charge in [-0.05, 0) is 44.9 Å². The summed E-state index contributed by atoms with van der Waals surface area (Å²) in [6.07, 6.45) is 2.61. The van der Waals surface area contributed by atoms with Crippen LogP contribution in [0.1, 0.15) is 43.6 Å². The number of carbonyl (C=O) groups is 3. The highest BCUT2D eigenvalue weighted by Crippen LogP contribution is 2.19. The number of rotatable bonds is 8. The van der Waals surface area contributed by atoms with Crippen LogP contribution in [0, 0.1) is 25.2 Å². The average Bonchev–Trinajstić information content (AvgIpc) is 2.89. The molecule has 1 heterocycles. The molecule has 2 amide bonds. The summed E-state index contributed by atoms with van der Waals surface area (Å²) in [4.78, 5) is 34.7. The lowest BCUT2D eigenvalue weighted by Crippen LogP contribution is -2.34. The van der Waals surface area contributed by atoms with Crippen LogP contribution in [-0.2, 0) is 25.6 Å². The summed E-state index contributed by atoms with van der Waals surface area (Å²) in [5.74, 6) is -1.77. The summed E-state index contributed by atoms with van der Waals surface area (Å²) in [7, 11) is 0. The number of imide groups is 1. The van der Waals surface area contributed by atoms with E-state index in [0.29, 0.717) is 0 Å². The lowest BCUT2D eigenvalue weighted by Gasteiger charge is -2.08. The third-order valence-corrected chi connectivity index (χ3v) is 3.84. The van der Waals surface area contributed by atoms with E-state index >= 15 is 0 Å². The second kappa shape index (κ2) is 10.8. The zero-order valence-corrected chi connectivity index (χ0v) is 16.1. The first kappa shape index (κ1) is 22.0. The van der Waals surface area contributed by atoms with E-state index in [4.69, 9.17) is 4.74 Å². The summed E-state index contributed by atoms with van der Waals surface area (Å²) < 4.78 is 11.5. The Morgan fingerprint density at radius 1 is 1.26 bits per heavy atom. The quantitative estimate of drug-likeness (QED) is 0.425. The number of nitrogens with zero attached hydrogens (tertiary/aromatic N) is 2. The number of unbranched alkanes of at least 4 members (excludes halogenated alkanes) is 1. The highest BCUT2D eigenvalue weighted by atomic mass is 16.6. The molecular weight excluding hydrogens is 350 g/mol. The summed E-state index contributed by atoms with van der Waals surface area (Å²) in [6.45, 7) is 7.86. The number of hydrogen-bond acceptors (Lipinski definition) is 6. The van der Waals surface area contributed by atoms with Crippen molar-refractivity contribution < 1.29 is 23.9 Å². The maximum Gasteiger partial charge on any atom is 0.413 e. The van der Waals surface area contributed by atoms with Crippen molar-refractivity contribution >= 4 is 24.0 Å². The Balaban J connectivity index is 2.80. The van der Waals surface area contributed by atoms with Gasteiger partial charge in [0.25, 0.3) is 5.91 Å². The van der Waals surface area contributed by atoms with E-state index in [1.54, 1.807) is 13.0 Å².